The number of esters is 1. The van der Waals surface area contributed by atoms with Crippen molar-refractivity contribution in [1.29, 1.82) is 0 Å². The zero-order valence-corrected chi connectivity index (χ0v) is 11.9. The quantitative estimate of drug-likeness (QED) is 0.261. The second-order valence-corrected chi connectivity index (χ2v) is 4.86. The first kappa shape index (κ1) is 15.5. The molecule has 0 saturated heterocycles. The fraction of sp³-hybridized carbons (Fsp3) is 0.583. The number of azide groups is 1. The number of ether oxygens (including phenoxy) is 1. The molecule has 1 aromatic rings. The summed E-state index contributed by atoms with van der Waals surface area (Å²) >= 11 is 1.53. The van der Waals surface area contributed by atoms with Crippen molar-refractivity contribution in [3.05, 3.63) is 32.3 Å². The van der Waals surface area contributed by atoms with Gasteiger partial charge in [0.1, 0.15) is 6.04 Å². The molecule has 1 rings (SSSR count). The molecular weight excluding hydrogens is 264 g/mol. The van der Waals surface area contributed by atoms with Crippen LogP contribution in [0, 0.1) is 6.92 Å². The van der Waals surface area contributed by atoms with E-state index in [0.29, 0.717) is 26.1 Å². The second-order valence-electron chi connectivity index (χ2n) is 3.92. The topological polar surface area (TPSA) is 87.1 Å². The van der Waals surface area contributed by atoms with Crippen molar-refractivity contribution in [3.8, 4) is 0 Å². The van der Waals surface area contributed by atoms with Gasteiger partial charge in [0.15, 0.2) is 0 Å². The first-order valence-electron chi connectivity index (χ1n) is 6.15. The third-order valence-corrected chi connectivity index (χ3v) is 3.62. The number of hydrogen-bond donors (Lipinski definition) is 1. The van der Waals surface area contributed by atoms with Crippen LogP contribution in [0.25, 0.3) is 10.4 Å². The van der Waals surface area contributed by atoms with Crippen LogP contribution in [0.5, 0.6) is 0 Å². The van der Waals surface area contributed by atoms with Gasteiger partial charge in [-0.1, -0.05) is 5.11 Å². The molecule has 0 aliphatic rings. The predicted octanol–water partition coefficient (Wildman–Crippen LogP) is 2.95. The van der Waals surface area contributed by atoms with Crippen molar-refractivity contribution < 1.29 is 9.53 Å². The fourth-order valence-corrected chi connectivity index (χ4v) is 2.62. The number of thiophene rings is 1. The van der Waals surface area contributed by atoms with E-state index in [1.54, 1.807) is 6.92 Å². The minimum absolute atomic E-state index is 0.267. The lowest BCUT2D eigenvalue weighted by atomic mass is 10.1. The van der Waals surface area contributed by atoms with Crippen molar-refractivity contribution in [2.75, 3.05) is 19.7 Å². The second kappa shape index (κ2) is 8.53. The van der Waals surface area contributed by atoms with Crippen LogP contribution < -0.4 is 5.32 Å². The Labute approximate surface area is 116 Å². The maximum atomic E-state index is 12.0. The number of carbonyl (C=O) groups is 1. The molecule has 1 atom stereocenters. The SMILES string of the molecule is CCOC(=O)C(NCCCN=[N+]=[N-])c1sccc1C. The van der Waals surface area contributed by atoms with Crippen molar-refractivity contribution in [2.45, 2.75) is 26.3 Å². The lowest BCUT2D eigenvalue weighted by Crippen LogP contribution is -2.31. The van der Waals surface area contributed by atoms with Crippen molar-refractivity contribution in [2.24, 2.45) is 5.11 Å². The molecule has 0 saturated carbocycles. The van der Waals surface area contributed by atoms with E-state index in [9.17, 15) is 4.79 Å². The number of aryl methyl sites for hydroxylation is 1. The van der Waals surface area contributed by atoms with Crippen LogP contribution in [0.3, 0.4) is 0 Å². The molecule has 0 radical (unpaired) electrons. The van der Waals surface area contributed by atoms with Gasteiger partial charge in [0.25, 0.3) is 0 Å². The van der Waals surface area contributed by atoms with Crippen LogP contribution in [-0.2, 0) is 9.53 Å². The summed E-state index contributed by atoms with van der Waals surface area (Å²) in [5.41, 5.74) is 9.26. The summed E-state index contributed by atoms with van der Waals surface area (Å²) in [5, 5.41) is 8.57. The summed E-state index contributed by atoms with van der Waals surface area (Å²) < 4.78 is 5.08. The Kier molecular flexibility index (Phi) is 6.95. The molecule has 0 bridgehead atoms. The lowest BCUT2D eigenvalue weighted by molar-refractivity contribution is -0.145. The fourth-order valence-electron chi connectivity index (χ4n) is 1.63. The summed E-state index contributed by atoms with van der Waals surface area (Å²) in [6.07, 6.45) is 0.685. The van der Waals surface area contributed by atoms with E-state index in [2.05, 4.69) is 15.3 Å². The summed E-state index contributed by atoms with van der Waals surface area (Å²) in [4.78, 5) is 15.6. The summed E-state index contributed by atoms with van der Waals surface area (Å²) in [6.45, 7) is 5.14. The number of nitrogens with zero attached hydrogens (tertiary/aromatic N) is 3. The molecule has 1 aromatic heterocycles. The maximum Gasteiger partial charge on any atom is 0.328 e. The van der Waals surface area contributed by atoms with E-state index in [0.717, 1.165) is 10.4 Å². The van der Waals surface area contributed by atoms with Crippen molar-refractivity contribution in [3.63, 3.8) is 0 Å². The first-order valence-corrected chi connectivity index (χ1v) is 7.03. The molecule has 1 N–H and O–H groups in total. The molecular formula is C12H18N4O2S. The molecule has 1 unspecified atom stereocenters. The molecule has 0 amide bonds. The molecule has 0 spiro atoms. The van der Waals surface area contributed by atoms with Gasteiger partial charge in [0, 0.05) is 16.3 Å². The van der Waals surface area contributed by atoms with Crippen LogP contribution >= 0.6 is 11.3 Å². The molecule has 0 aromatic carbocycles. The van der Waals surface area contributed by atoms with E-state index in [1.165, 1.54) is 11.3 Å². The van der Waals surface area contributed by atoms with Crippen molar-refractivity contribution in [1.82, 2.24) is 5.32 Å². The lowest BCUT2D eigenvalue weighted by Gasteiger charge is -2.16. The molecule has 0 aliphatic carbocycles. The number of carbonyl (C=O) groups excluding carboxylic acids is 1. The first-order chi connectivity index (χ1) is 9.20. The van der Waals surface area contributed by atoms with Crippen LogP contribution in [0.1, 0.15) is 29.8 Å². The molecule has 0 fully saturated rings. The van der Waals surface area contributed by atoms with Crippen LogP contribution in [0.2, 0.25) is 0 Å². The summed E-state index contributed by atoms with van der Waals surface area (Å²) in [7, 11) is 0. The zero-order valence-electron chi connectivity index (χ0n) is 11.1. The van der Waals surface area contributed by atoms with Gasteiger partial charge in [-0.2, -0.15) is 0 Å². The highest BCUT2D eigenvalue weighted by Crippen LogP contribution is 2.25. The Balaban J connectivity index is 2.63. The number of nitrogens with one attached hydrogen (secondary N) is 1. The average molecular weight is 282 g/mol. The Morgan fingerprint density at radius 1 is 1.68 bits per heavy atom. The standard InChI is InChI=1S/C12H18N4O2S/c1-3-18-12(17)10(11-9(2)5-8-19-11)14-6-4-7-15-16-13/h5,8,10,14H,3-4,6-7H2,1-2H3. The van der Waals surface area contributed by atoms with Gasteiger partial charge in [0.2, 0.25) is 0 Å². The molecule has 1 heterocycles. The Bertz CT molecular complexity index is 454. The highest BCUT2D eigenvalue weighted by molar-refractivity contribution is 7.10. The number of hydrogen-bond acceptors (Lipinski definition) is 5. The molecule has 19 heavy (non-hydrogen) atoms. The smallest absolute Gasteiger partial charge is 0.328 e. The van der Waals surface area contributed by atoms with E-state index in [4.69, 9.17) is 10.3 Å². The molecule has 104 valence electrons. The summed E-state index contributed by atoms with van der Waals surface area (Å²) in [5.74, 6) is -0.267. The van der Waals surface area contributed by atoms with E-state index in [1.807, 2.05) is 18.4 Å². The van der Waals surface area contributed by atoms with Gasteiger partial charge < -0.3 is 10.1 Å². The van der Waals surface area contributed by atoms with Gasteiger partial charge in [-0.3, -0.25) is 0 Å². The third kappa shape index (κ3) is 4.90. The molecule has 7 heteroatoms. The Hall–Kier alpha value is -1.56. The monoisotopic (exact) mass is 282 g/mol. The highest BCUT2D eigenvalue weighted by atomic mass is 32.1. The normalized spacial score (nSPS) is 11.7. The largest absolute Gasteiger partial charge is 0.465 e. The van der Waals surface area contributed by atoms with Gasteiger partial charge in [0.05, 0.1) is 6.61 Å². The molecule has 6 nitrogen and oxygen atoms in total. The van der Waals surface area contributed by atoms with Gasteiger partial charge >= 0.3 is 5.97 Å². The maximum absolute atomic E-state index is 12.0. The minimum Gasteiger partial charge on any atom is -0.465 e. The predicted molar refractivity (Wildman–Crippen MR) is 75.1 cm³/mol. The van der Waals surface area contributed by atoms with Gasteiger partial charge in [-0.25, -0.2) is 4.79 Å². The van der Waals surface area contributed by atoms with Gasteiger partial charge in [-0.05, 0) is 49.4 Å². The van der Waals surface area contributed by atoms with Crippen LogP contribution in [-0.4, -0.2) is 25.7 Å². The number of rotatable bonds is 8. The highest BCUT2D eigenvalue weighted by Gasteiger charge is 2.23. The zero-order chi connectivity index (χ0) is 14.1. The Morgan fingerprint density at radius 2 is 2.47 bits per heavy atom. The van der Waals surface area contributed by atoms with Gasteiger partial charge in [-0.15, -0.1) is 11.3 Å². The van der Waals surface area contributed by atoms with E-state index in [-0.39, 0.29) is 5.97 Å². The van der Waals surface area contributed by atoms with Crippen LogP contribution in [0.15, 0.2) is 16.6 Å². The van der Waals surface area contributed by atoms with Crippen molar-refractivity contribution >= 4 is 17.3 Å². The van der Waals surface area contributed by atoms with Crippen LogP contribution in [0.4, 0.5) is 0 Å². The van der Waals surface area contributed by atoms with E-state index < -0.39 is 6.04 Å². The average Bonchev–Trinajstić information content (AvgIpc) is 2.80. The third-order valence-electron chi connectivity index (χ3n) is 2.53. The van der Waals surface area contributed by atoms with E-state index >= 15 is 0 Å². The Morgan fingerprint density at radius 3 is 3.05 bits per heavy atom. The minimum atomic E-state index is -0.439. The summed E-state index contributed by atoms with van der Waals surface area (Å²) in [6, 6.07) is 1.54. The molecule has 0 aliphatic heterocycles.